The minimum atomic E-state index is 0. The van der Waals surface area contributed by atoms with Gasteiger partial charge in [-0.1, -0.05) is 12.2 Å². The summed E-state index contributed by atoms with van der Waals surface area (Å²) in [7, 11) is 0. The van der Waals surface area contributed by atoms with Crippen LogP contribution in [0.2, 0.25) is 0 Å². The molecule has 0 unspecified atom stereocenters. The second-order valence-electron chi connectivity index (χ2n) is 1.27. The third-order valence-electron chi connectivity index (χ3n) is 0.718. The molecule has 0 aromatic heterocycles. The van der Waals surface area contributed by atoms with E-state index in [2.05, 4.69) is 5.32 Å². The van der Waals surface area contributed by atoms with E-state index in [4.69, 9.17) is 0 Å². The van der Waals surface area contributed by atoms with Crippen LogP contribution in [0.3, 0.4) is 0 Å². The van der Waals surface area contributed by atoms with E-state index in [1.165, 1.54) is 0 Å². The first-order valence-corrected chi connectivity index (χ1v) is 2.24. The topological polar surface area (TPSA) is 12.0 Å². The molecule has 1 aliphatic rings. The molecule has 0 atom stereocenters. The van der Waals surface area contributed by atoms with E-state index in [0.717, 1.165) is 0 Å². The summed E-state index contributed by atoms with van der Waals surface area (Å²) in [6.07, 6.45) is 11.6. The Morgan fingerprint density at radius 3 is 1.75 bits per heavy atom. The van der Waals surface area contributed by atoms with Gasteiger partial charge in [0.15, 0.2) is 0 Å². The van der Waals surface area contributed by atoms with Crippen LogP contribution in [0.25, 0.3) is 0 Å². The molecular weight excluding hydrogens is 151 g/mol. The van der Waals surface area contributed by atoms with Gasteiger partial charge in [0, 0.05) is 31.9 Å². The third kappa shape index (κ3) is 2.76. The van der Waals surface area contributed by atoms with Crippen molar-refractivity contribution in [2.75, 3.05) is 0 Å². The van der Waals surface area contributed by atoms with Crippen LogP contribution in [0.4, 0.5) is 0 Å². The largest absolute Gasteiger partial charge is 0.368 e. The van der Waals surface area contributed by atoms with Gasteiger partial charge >= 0.3 is 0 Å². The minimum Gasteiger partial charge on any atom is -0.368 e. The fraction of sp³-hybridized carbons (Fsp3) is 0. The Morgan fingerprint density at radius 2 is 1.25 bits per heavy atom. The summed E-state index contributed by atoms with van der Waals surface area (Å²) in [4.78, 5) is 0. The van der Waals surface area contributed by atoms with Crippen molar-refractivity contribution in [2.45, 2.75) is 0 Å². The number of hydrogen-bond acceptors (Lipinski definition) is 1. The van der Waals surface area contributed by atoms with Crippen LogP contribution >= 0.6 is 0 Å². The Morgan fingerprint density at radius 1 is 0.750 bits per heavy atom. The fourth-order valence-corrected chi connectivity index (χ4v) is 0.406. The zero-order valence-corrected chi connectivity index (χ0v) is 7.64. The van der Waals surface area contributed by atoms with E-state index in [0.29, 0.717) is 0 Å². The summed E-state index contributed by atoms with van der Waals surface area (Å²) in [5.74, 6) is 0. The predicted octanol–water partition coefficient (Wildman–Crippen LogP) is 1.17. The molecule has 0 spiro atoms. The van der Waals surface area contributed by atoms with E-state index in [1.54, 1.807) is 0 Å². The first-order valence-electron chi connectivity index (χ1n) is 2.24. The molecule has 0 saturated heterocycles. The van der Waals surface area contributed by atoms with Gasteiger partial charge in [0.05, 0.1) is 0 Å². The second kappa shape index (κ2) is 4.79. The van der Waals surface area contributed by atoms with Crippen LogP contribution < -0.4 is 5.32 Å². The fourth-order valence-electron chi connectivity index (χ4n) is 0.406. The van der Waals surface area contributed by atoms with Crippen molar-refractivity contribution in [3.63, 3.8) is 0 Å². The standard InChI is InChI=1S/C6H7N.Zn/c1-2-4-6-7-5-3-1;/h1-7H;. The average molecular weight is 159 g/mol. The van der Waals surface area contributed by atoms with Gasteiger partial charge in [-0.05, 0) is 12.2 Å². The molecule has 0 fully saturated rings. The maximum absolute atomic E-state index is 2.92. The maximum atomic E-state index is 2.92. The van der Waals surface area contributed by atoms with Gasteiger partial charge < -0.3 is 5.32 Å². The first-order chi connectivity index (χ1) is 3.50. The van der Waals surface area contributed by atoms with E-state index in [1.807, 2.05) is 36.7 Å². The molecule has 0 aliphatic carbocycles. The van der Waals surface area contributed by atoms with Crippen LogP contribution in [0.1, 0.15) is 0 Å². The minimum absolute atomic E-state index is 0. The van der Waals surface area contributed by atoms with Gasteiger partial charge in [0.1, 0.15) is 0 Å². The smallest absolute Gasteiger partial charge is 0.000442 e. The summed E-state index contributed by atoms with van der Waals surface area (Å²) in [6.45, 7) is 0. The number of allylic oxidation sites excluding steroid dienone is 4. The Hall–Kier alpha value is -0.357. The molecule has 2 heteroatoms. The maximum Gasteiger partial charge on any atom is 0.000442 e. The van der Waals surface area contributed by atoms with E-state index in [9.17, 15) is 0 Å². The van der Waals surface area contributed by atoms with Crippen molar-refractivity contribution >= 4 is 0 Å². The number of rotatable bonds is 0. The van der Waals surface area contributed by atoms with Gasteiger partial charge in [-0.15, -0.1) is 0 Å². The van der Waals surface area contributed by atoms with Gasteiger partial charge in [-0.25, -0.2) is 0 Å². The molecule has 0 saturated carbocycles. The zero-order valence-electron chi connectivity index (χ0n) is 4.67. The monoisotopic (exact) mass is 157 g/mol. The summed E-state index contributed by atoms with van der Waals surface area (Å²) in [6, 6.07) is 0. The van der Waals surface area contributed by atoms with Gasteiger partial charge in [0.2, 0.25) is 0 Å². The molecular formula is C6H7NZn. The van der Waals surface area contributed by atoms with E-state index >= 15 is 0 Å². The van der Waals surface area contributed by atoms with Crippen LogP contribution in [-0.2, 0) is 19.5 Å². The summed E-state index contributed by atoms with van der Waals surface area (Å²) < 4.78 is 0. The third-order valence-corrected chi connectivity index (χ3v) is 0.718. The molecule has 1 rings (SSSR count). The van der Waals surface area contributed by atoms with Gasteiger partial charge in [-0.3, -0.25) is 0 Å². The number of nitrogens with one attached hydrogen (secondary N) is 1. The van der Waals surface area contributed by atoms with Crippen molar-refractivity contribution in [1.29, 1.82) is 0 Å². The molecule has 0 radical (unpaired) electrons. The molecule has 0 amide bonds. The SMILES string of the molecule is C1=CC=CNC=C1.[Zn]. The second-order valence-corrected chi connectivity index (χ2v) is 1.27. The summed E-state index contributed by atoms with van der Waals surface area (Å²) in [5.41, 5.74) is 0. The molecule has 1 N–H and O–H groups in total. The van der Waals surface area contributed by atoms with Crippen LogP contribution in [0.5, 0.6) is 0 Å². The van der Waals surface area contributed by atoms with Gasteiger partial charge in [-0.2, -0.15) is 0 Å². The van der Waals surface area contributed by atoms with E-state index < -0.39 is 0 Å². The summed E-state index contributed by atoms with van der Waals surface area (Å²) >= 11 is 0. The van der Waals surface area contributed by atoms with Crippen LogP contribution in [0.15, 0.2) is 36.7 Å². The molecule has 1 nitrogen and oxygen atoms in total. The van der Waals surface area contributed by atoms with Crippen molar-refractivity contribution in [2.24, 2.45) is 0 Å². The van der Waals surface area contributed by atoms with Crippen LogP contribution in [0, 0.1) is 0 Å². The predicted molar refractivity (Wildman–Crippen MR) is 30.6 cm³/mol. The first kappa shape index (κ1) is 7.64. The Bertz CT molecular complexity index is 110. The quantitative estimate of drug-likeness (QED) is 0.522. The zero-order chi connectivity index (χ0) is 4.95. The van der Waals surface area contributed by atoms with Crippen LogP contribution in [-0.4, -0.2) is 0 Å². The Labute approximate surface area is 61.9 Å². The molecule has 38 valence electrons. The molecule has 1 aliphatic heterocycles. The number of hydrogen-bond donors (Lipinski definition) is 1. The van der Waals surface area contributed by atoms with E-state index in [-0.39, 0.29) is 19.5 Å². The van der Waals surface area contributed by atoms with Crippen molar-refractivity contribution in [1.82, 2.24) is 5.32 Å². The van der Waals surface area contributed by atoms with Crippen molar-refractivity contribution < 1.29 is 19.5 Å². The van der Waals surface area contributed by atoms with Crippen molar-refractivity contribution in [3.05, 3.63) is 36.7 Å². The normalized spacial score (nSPS) is 14.0. The molecule has 1 heterocycles. The molecule has 0 aromatic rings. The summed E-state index contributed by atoms with van der Waals surface area (Å²) in [5, 5.41) is 2.92. The van der Waals surface area contributed by atoms with Gasteiger partial charge in [0.25, 0.3) is 0 Å². The molecule has 0 bridgehead atoms. The Balaban J connectivity index is 0.000000490. The average Bonchev–Trinajstić information content (AvgIpc) is 1.90. The molecule has 0 aromatic carbocycles. The Kier molecular flexibility index (Phi) is 4.58. The van der Waals surface area contributed by atoms with Crippen molar-refractivity contribution in [3.8, 4) is 0 Å². The molecule has 8 heavy (non-hydrogen) atoms.